The second-order valence-electron chi connectivity index (χ2n) is 5.68. The van der Waals surface area contributed by atoms with Gasteiger partial charge in [-0.2, -0.15) is 0 Å². The SMILES string of the molecule is CC(=O)N(C)Cc1cn(Cc2sc(-c3ccccc3)nc2C)nn1. The zero-order chi connectivity index (χ0) is 17.1. The van der Waals surface area contributed by atoms with E-state index in [1.165, 1.54) is 6.92 Å². The summed E-state index contributed by atoms with van der Waals surface area (Å²) in [7, 11) is 1.75. The van der Waals surface area contributed by atoms with E-state index in [4.69, 9.17) is 0 Å². The molecule has 0 fully saturated rings. The van der Waals surface area contributed by atoms with Gasteiger partial charge in [0.15, 0.2) is 0 Å². The highest BCUT2D eigenvalue weighted by Crippen LogP contribution is 2.28. The molecular formula is C17H19N5OS. The molecule has 0 aliphatic heterocycles. The summed E-state index contributed by atoms with van der Waals surface area (Å²) in [6, 6.07) is 10.2. The zero-order valence-electron chi connectivity index (χ0n) is 13.9. The lowest BCUT2D eigenvalue weighted by molar-refractivity contribution is -0.128. The van der Waals surface area contributed by atoms with Crippen LogP contribution in [-0.2, 0) is 17.9 Å². The highest BCUT2D eigenvalue weighted by atomic mass is 32.1. The Labute approximate surface area is 144 Å². The minimum atomic E-state index is 0.00959. The molecule has 7 heteroatoms. The van der Waals surface area contributed by atoms with Gasteiger partial charge < -0.3 is 4.90 Å². The van der Waals surface area contributed by atoms with Crippen LogP contribution in [0, 0.1) is 6.92 Å². The topological polar surface area (TPSA) is 63.9 Å². The van der Waals surface area contributed by atoms with Crippen molar-refractivity contribution in [2.24, 2.45) is 0 Å². The van der Waals surface area contributed by atoms with Crippen LogP contribution >= 0.6 is 11.3 Å². The normalized spacial score (nSPS) is 10.8. The van der Waals surface area contributed by atoms with Gasteiger partial charge in [-0.25, -0.2) is 9.67 Å². The largest absolute Gasteiger partial charge is 0.340 e. The molecule has 0 aliphatic carbocycles. The Kier molecular flexibility index (Phi) is 4.71. The molecule has 0 bridgehead atoms. The predicted octanol–water partition coefficient (Wildman–Crippen LogP) is 2.74. The maximum absolute atomic E-state index is 11.3. The molecule has 2 heterocycles. The maximum atomic E-state index is 11.3. The van der Waals surface area contributed by atoms with Crippen LogP contribution in [0.1, 0.15) is 23.2 Å². The maximum Gasteiger partial charge on any atom is 0.219 e. The first kappa shape index (κ1) is 16.3. The van der Waals surface area contributed by atoms with E-state index in [2.05, 4.69) is 27.4 Å². The summed E-state index contributed by atoms with van der Waals surface area (Å²) in [6.07, 6.45) is 1.88. The fourth-order valence-corrected chi connectivity index (χ4v) is 3.33. The Morgan fingerprint density at radius 3 is 2.75 bits per heavy atom. The number of benzene rings is 1. The van der Waals surface area contributed by atoms with Gasteiger partial charge in [0.2, 0.25) is 5.91 Å². The Morgan fingerprint density at radius 2 is 2.04 bits per heavy atom. The van der Waals surface area contributed by atoms with Gasteiger partial charge in [0.05, 0.1) is 25.0 Å². The number of aryl methyl sites for hydroxylation is 1. The number of thiazole rings is 1. The minimum absolute atomic E-state index is 0.00959. The standard InChI is InChI=1S/C17H19N5OS/c1-12-16(24-17(18-12)14-7-5-4-6-8-14)11-22-10-15(19-20-22)9-21(3)13(2)23/h4-8,10H,9,11H2,1-3H3. The van der Waals surface area contributed by atoms with Crippen LogP contribution in [0.25, 0.3) is 10.6 Å². The van der Waals surface area contributed by atoms with Crippen molar-refractivity contribution >= 4 is 17.2 Å². The fraction of sp³-hybridized carbons (Fsp3) is 0.294. The van der Waals surface area contributed by atoms with E-state index in [0.717, 1.165) is 26.8 Å². The van der Waals surface area contributed by atoms with E-state index in [1.54, 1.807) is 28.0 Å². The van der Waals surface area contributed by atoms with Gasteiger partial charge in [0.1, 0.15) is 10.7 Å². The second kappa shape index (κ2) is 6.92. The quantitative estimate of drug-likeness (QED) is 0.716. The van der Waals surface area contributed by atoms with Gasteiger partial charge in [0, 0.05) is 24.4 Å². The zero-order valence-corrected chi connectivity index (χ0v) is 14.7. The molecule has 3 aromatic rings. The fourth-order valence-electron chi connectivity index (χ4n) is 2.27. The summed E-state index contributed by atoms with van der Waals surface area (Å²) < 4.78 is 1.79. The Morgan fingerprint density at radius 1 is 1.29 bits per heavy atom. The minimum Gasteiger partial charge on any atom is -0.340 e. The number of rotatable bonds is 5. The van der Waals surface area contributed by atoms with Crippen LogP contribution in [0.4, 0.5) is 0 Å². The van der Waals surface area contributed by atoms with Crippen molar-refractivity contribution in [2.75, 3.05) is 7.05 Å². The number of amides is 1. The number of hydrogen-bond acceptors (Lipinski definition) is 5. The summed E-state index contributed by atoms with van der Waals surface area (Å²) in [4.78, 5) is 18.7. The first-order chi connectivity index (χ1) is 11.5. The van der Waals surface area contributed by atoms with Gasteiger partial charge >= 0.3 is 0 Å². The molecular weight excluding hydrogens is 322 g/mol. The van der Waals surface area contributed by atoms with Crippen molar-refractivity contribution in [1.82, 2.24) is 24.9 Å². The van der Waals surface area contributed by atoms with Gasteiger partial charge in [-0.3, -0.25) is 4.79 Å². The van der Waals surface area contributed by atoms with Gasteiger partial charge in [-0.1, -0.05) is 35.5 Å². The highest BCUT2D eigenvalue weighted by Gasteiger charge is 2.12. The van der Waals surface area contributed by atoms with Crippen molar-refractivity contribution in [3.63, 3.8) is 0 Å². The van der Waals surface area contributed by atoms with E-state index in [0.29, 0.717) is 13.1 Å². The molecule has 24 heavy (non-hydrogen) atoms. The number of hydrogen-bond donors (Lipinski definition) is 0. The van der Waals surface area contributed by atoms with Crippen LogP contribution < -0.4 is 0 Å². The molecule has 0 saturated heterocycles. The molecule has 124 valence electrons. The van der Waals surface area contributed by atoms with Gasteiger partial charge in [-0.05, 0) is 6.92 Å². The molecule has 1 aromatic carbocycles. The third kappa shape index (κ3) is 3.68. The van der Waals surface area contributed by atoms with Gasteiger partial charge in [-0.15, -0.1) is 16.4 Å². The van der Waals surface area contributed by atoms with Crippen LogP contribution in [0.5, 0.6) is 0 Å². The molecule has 0 spiro atoms. The average Bonchev–Trinajstić information content (AvgIpc) is 3.16. The molecule has 0 N–H and O–H groups in total. The smallest absolute Gasteiger partial charge is 0.219 e. The number of carbonyl (C=O) groups excluding carboxylic acids is 1. The van der Waals surface area contributed by atoms with E-state index in [9.17, 15) is 4.79 Å². The number of carbonyl (C=O) groups is 1. The molecule has 0 aliphatic rings. The Hall–Kier alpha value is -2.54. The summed E-state index contributed by atoms with van der Waals surface area (Å²) >= 11 is 1.67. The lowest BCUT2D eigenvalue weighted by Crippen LogP contribution is -2.23. The summed E-state index contributed by atoms with van der Waals surface area (Å²) in [6.45, 7) is 4.65. The molecule has 6 nitrogen and oxygen atoms in total. The number of aromatic nitrogens is 4. The lowest BCUT2D eigenvalue weighted by Gasteiger charge is -2.11. The number of nitrogens with zero attached hydrogens (tertiary/aromatic N) is 5. The van der Waals surface area contributed by atoms with Crippen molar-refractivity contribution in [3.8, 4) is 10.6 Å². The second-order valence-corrected chi connectivity index (χ2v) is 6.76. The third-order valence-electron chi connectivity index (χ3n) is 3.74. The molecule has 3 rings (SSSR count). The molecule has 2 aromatic heterocycles. The van der Waals surface area contributed by atoms with E-state index < -0.39 is 0 Å². The van der Waals surface area contributed by atoms with Crippen LogP contribution in [-0.4, -0.2) is 37.8 Å². The molecule has 0 atom stereocenters. The Balaban J connectivity index is 1.74. The van der Waals surface area contributed by atoms with Crippen molar-refractivity contribution in [1.29, 1.82) is 0 Å². The summed E-state index contributed by atoms with van der Waals surface area (Å²) in [5, 5.41) is 9.30. The summed E-state index contributed by atoms with van der Waals surface area (Å²) in [5.74, 6) is 0.00959. The molecule has 0 saturated carbocycles. The van der Waals surface area contributed by atoms with E-state index in [-0.39, 0.29) is 5.91 Å². The van der Waals surface area contributed by atoms with Crippen LogP contribution in [0.3, 0.4) is 0 Å². The van der Waals surface area contributed by atoms with Crippen molar-refractivity contribution < 1.29 is 4.79 Å². The molecule has 1 amide bonds. The highest BCUT2D eigenvalue weighted by molar-refractivity contribution is 7.15. The van der Waals surface area contributed by atoms with Crippen molar-refractivity contribution in [3.05, 3.63) is 52.8 Å². The van der Waals surface area contributed by atoms with Crippen LogP contribution in [0.2, 0.25) is 0 Å². The summed E-state index contributed by atoms with van der Waals surface area (Å²) in [5.41, 5.74) is 2.91. The monoisotopic (exact) mass is 341 g/mol. The van der Waals surface area contributed by atoms with Crippen molar-refractivity contribution in [2.45, 2.75) is 26.9 Å². The van der Waals surface area contributed by atoms with Gasteiger partial charge in [0.25, 0.3) is 0 Å². The molecule has 0 radical (unpaired) electrons. The Bertz CT molecular complexity index is 840. The van der Waals surface area contributed by atoms with Crippen LogP contribution in [0.15, 0.2) is 36.5 Å². The third-order valence-corrected chi connectivity index (χ3v) is 4.93. The first-order valence-electron chi connectivity index (χ1n) is 7.65. The molecule has 0 unspecified atom stereocenters. The van der Waals surface area contributed by atoms with E-state index in [1.807, 2.05) is 31.3 Å². The first-order valence-corrected chi connectivity index (χ1v) is 8.47. The predicted molar refractivity (Wildman–Crippen MR) is 93.6 cm³/mol. The average molecular weight is 341 g/mol. The van der Waals surface area contributed by atoms with E-state index >= 15 is 0 Å². The lowest BCUT2D eigenvalue weighted by atomic mass is 10.2.